The Morgan fingerprint density at radius 3 is 2.16 bits per heavy atom. The highest BCUT2D eigenvalue weighted by Crippen LogP contribution is 2.20. The van der Waals surface area contributed by atoms with E-state index < -0.39 is 0 Å². The van der Waals surface area contributed by atoms with E-state index in [1.165, 1.54) is 5.56 Å². The van der Waals surface area contributed by atoms with Crippen LogP contribution in [0, 0.1) is 6.92 Å². The van der Waals surface area contributed by atoms with Crippen molar-refractivity contribution in [3.05, 3.63) is 69.7 Å². The molecule has 0 radical (unpaired) electrons. The quantitative estimate of drug-likeness (QED) is 0.719. The lowest BCUT2D eigenvalue weighted by Gasteiger charge is -2.07. The Labute approximate surface area is 119 Å². The minimum absolute atomic E-state index is 0.0147. The number of carbonyl (C=O) groups is 1. The minimum Gasteiger partial charge on any atom is -0.289 e. The number of rotatable bonds is 3. The van der Waals surface area contributed by atoms with E-state index in [1.54, 1.807) is 6.07 Å². The lowest BCUT2D eigenvalue weighted by Crippen LogP contribution is -2.02. The number of hydrogen-bond donors (Lipinski definition) is 0. The molecule has 0 aromatic heterocycles. The lowest BCUT2D eigenvalue weighted by atomic mass is 9.97. The highest BCUT2D eigenvalue weighted by molar-refractivity contribution is 6.31. The van der Waals surface area contributed by atoms with Crippen molar-refractivity contribution in [2.24, 2.45) is 0 Å². The molecule has 0 saturated carbocycles. The van der Waals surface area contributed by atoms with Gasteiger partial charge >= 0.3 is 0 Å². The van der Waals surface area contributed by atoms with Crippen molar-refractivity contribution in [3.63, 3.8) is 0 Å². The third kappa shape index (κ3) is 3.24. The summed E-state index contributed by atoms with van der Waals surface area (Å²) in [6, 6.07) is 13.2. The van der Waals surface area contributed by atoms with Crippen LogP contribution < -0.4 is 0 Å². The van der Waals surface area contributed by atoms with Crippen LogP contribution >= 0.6 is 11.6 Å². The molecular weight excluding hydrogens is 256 g/mol. The zero-order chi connectivity index (χ0) is 14.0. The summed E-state index contributed by atoms with van der Waals surface area (Å²) < 4.78 is 0. The molecule has 1 nitrogen and oxygen atoms in total. The first-order chi connectivity index (χ1) is 8.97. The SMILES string of the molecule is Cc1cc(Cl)cc(C(=O)c2ccc(C(C)C)cc2)c1. The van der Waals surface area contributed by atoms with E-state index in [9.17, 15) is 4.79 Å². The number of aryl methyl sites for hydroxylation is 1. The molecule has 2 aromatic carbocycles. The van der Waals surface area contributed by atoms with Gasteiger partial charge in [0.2, 0.25) is 0 Å². The lowest BCUT2D eigenvalue weighted by molar-refractivity contribution is 0.103. The van der Waals surface area contributed by atoms with Gasteiger partial charge in [0.1, 0.15) is 0 Å². The van der Waals surface area contributed by atoms with Crippen molar-refractivity contribution in [1.29, 1.82) is 0 Å². The molecule has 0 atom stereocenters. The zero-order valence-electron chi connectivity index (χ0n) is 11.4. The summed E-state index contributed by atoms with van der Waals surface area (Å²) in [6.45, 7) is 6.21. The van der Waals surface area contributed by atoms with Gasteiger partial charge in [-0.05, 0) is 42.2 Å². The molecule has 0 saturated heterocycles. The van der Waals surface area contributed by atoms with Gasteiger partial charge in [-0.3, -0.25) is 4.79 Å². The Balaban J connectivity index is 2.33. The molecule has 0 aliphatic carbocycles. The van der Waals surface area contributed by atoms with E-state index in [-0.39, 0.29) is 5.78 Å². The summed E-state index contributed by atoms with van der Waals surface area (Å²) in [6.07, 6.45) is 0. The van der Waals surface area contributed by atoms with Crippen LogP contribution in [0.4, 0.5) is 0 Å². The Morgan fingerprint density at radius 1 is 1.00 bits per heavy atom. The predicted octanol–water partition coefficient (Wildman–Crippen LogP) is 5.00. The summed E-state index contributed by atoms with van der Waals surface area (Å²) in [5, 5.41) is 0.599. The molecule has 0 spiro atoms. The van der Waals surface area contributed by atoms with Crippen LogP contribution in [0.25, 0.3) is 0 Å². The number of benzene rings is 2. The monoisotopic (exact) mass is 272 g/mol. The van der Waals surface area contributed by atoms with Gasteiger partial charge in [0, 0.05) is 16.1 Å². The normalized spacial score (nSPS) is 10.8. The first-order valence-corrected chi connectivity index (χ1v) is 6.77. The molecule has 0 heterocycles. The van der Waals surface area contributed by atoms with E-state index in [1.807, 2.05) is 43.3 Å². The van der Waals surface area contributed by atoms with Gasteiger partial charge in [-0.1, -0.05) is 49.7 Å². The molecule has 0 amide bonds. The van der Waals surface area contributed by atoms with E-state index in [0.29, 0.717) is 22.1 Å². The number of carbonyl (C=O) groups excluding carboxylic acids is 1. The maximum absolute atomic E-state index is 12.4. The van der Waals surface area contributed by atoms with Gasteiger partial charge in [-0.15, -0.1) is 0 Å². The molecule has 0 unspecified atom stereocenters. The summed E-state index contributed by atoms with van der Waals surface area (Å²) in [5.74, 6) is 0.485. The molecule has 19 heavy (non-hydrogen) atoms. The molecular formula is C17H17ClO. The zero-order valence-corrected chi connectivity index (χ0v) is 12.2. The molecule has 0 N–H and O–H groups in total. The van der Waals surface area contributed by atoms with Gasteiger partial charge in [-0.25, -0.2) is 0 Å². The second kappa shape index (κ2) is 5.58. The van der Waals surface area contributed by atoms with Crippen molar-refractivity contribution in [3.8, 4) is 0 Å². The fourth-order valence-corrected chi connectivity index (χ4v) is 2.34. The maximum atomic E-state index is 12.4. The highest BCUT2D eigenvalue weighted by atomic mass is 35.5. The van der Waals surface area contributed by atoms with Crippen LogP contribution in [-0.2, 0) is 0 Å². The third-order valence-electron chi connectivity index (χ3n) is 3.14. The average molecular weight is 273 g/mol. The van der Waals surface area contributed by atoms with Crippen molar-refractivity contribution in [2.45, 2.75) is 26.7 Å². The molecule has 0 bridgehead atoms. The molecule has 0 aliphatic heterocycles. The van der Waals surface area contributed by atoms with Gasteiger partial charge in [0.05, 0.1) is 0 Å². The maximum Gasteiger partial charge on any atom is 0.193 e. The third-order valence-corrected chi connectivity index (χ3v) is 3.36. The molecule has 2 aromatic rings. The molecule has 2 rings (SSSR count). The minimum atomic E-state index is 0.0147. The topological polar surface area (TPSA) is 17.1 Å². The van der Waals surface area contributed by atoms with E-state index in [2.05, 4.69) is 13.8 Å². The second-order valence-electron chi connectivity index (χ2n) is 5.12. The van der Waals surface area contributed by atoms with Crippen molar-refractivity contribution in [2.75, 3.05) is 0 Å². The van der Waals surface area contributed by atoms with Gasteiger partial charge in [0.25, 0.3) is 0 Å². The Morgan fingerprint density at radius 2 is 1.63 bits per heavy atom. The van der Waals surface area contributed by atoms with Crippen LogP contribution in [-0.4, -0.2) is 5.78 Å². The molecule has 0 fully saturated rings. The van der Waals surface area contributed by atoms with Crippen molar-refractivity contribution < 1.29 is 4.79 Å². The Hall–Kier alpha value is -1.60. The standard InChI is InChI=1S/C17H17ClO/c1-11(2)13-4-6-14(7-5-13)17(19)15-8-12(3)9-16(18)10-15/h4-11H,1-3H3. The van der Waals surface area contributed by atoms with Gasteiger partial charge in [-0.2, -0.15) is 0 Å². The molecule has 0 aliphatic rings. The van der Waals surface area contributed by atoms with Crippen molar-refractivity contribution >= 4 is 17.4 Å². The van der Waals surface area contributed by atoms with Crippen molar-refractivity contribution in [1.82, 2.24) is 0 Å². The number of hydrogen-bond acceptors (Lipinski definition) is 1. The van der Waals surface area contributed by atoms with E-state index in [0.717, 1.165) is 5.56 Å². The first kappa shape index (κ1) is 13.8. The molecule has 2 heteroatoms. The summed E-state index contributed by atoms with van der Waals surface area (Å²) in [4.78, 5) is 12.4. The summed E-state index contributed by atoms with van der Waals surface area (Å²) >= 11 is 6.00. The smallest absolute Gasteiger partial charge is 0.193 e. The van der Waals surface area contributed by atoms with E-state index >= 15 is 0 Å². The summed E-state index contributed by atoms with van der Waals surface area (Å²) in [7, 11) is 0. The Kier molecular flexibility index (Phi) is 4.06. The molecule has 98 valence electrons. The summed E-state index contributed by atoms with van der Waals surface area (Å²) in [5.41, 5.74) is 3.57. The van der Waals surface area contributed by atoms with Gasteiger partial charge < -0.3 is 0 Å². The largest absolute Gasteiger partial charge is 0.289 e. The predicted molar refractivity (Wildman–Crippen MR) is 80.2 cm³/mol. The number of halogens is 1. The fraction of sp³-hybridized carbons (Fsp3) is 0.235. The highest BCUT2D eigenvalue weighted by Gasteiger charge is 2.10. The second-order valence-corrected chi connectivity index (χ2v) is 5.56. The van der Waals surface area contributed by atoms with E-state index in [4.69, 9.17) is 11.6 Å². The van der Waals surface area contributed by atoms with Gasteiger partial charge in [0.15, 0.2) is 5.78 Å². The van der Waals surface area contributed by atoms with Crippen LogP contribution in [0.5, 0.6) is 0 Å². The Bertz CT molecular complexity index is 577. The average Bonchev–Trinajstić information content (AvgIpc) is 2.37. The van der Waals surface area contributed by atoms with Crippen LogP contribution in [0.2, 0.25) is 5.02 Å². The van der Waals surface area contributed by atoms with Crippen LogP contribution in [0.3, 0.4) is 0 Å². The fourth-order valence-electron chi connectivity index (χ4n) is 2.05. The van der Waals surface area contributed by atoms with Crippen LogP contribution in [0.1, 0.15) is 46.8 Å². The first-order valence-electron chi connectivity index (χ1n) is 6.39. The van der Waals surface area contributed by atoms with Crippen LogP contribution in [0.15, 0.2) is 42.5 Å². The number of ketones is 1.